The number of rotatable bonds is 3. The number of hydrogen-bond donors (Lipinski definition) is 1. The second-order valence-corrected chi connectivity index (χ2v) is 6.70. The maximum absolute atomic E-state index is 10.5. The third-order valence-corrected chi connectivity index (χ3v) is 4.77. The third kappa shape index (κ3) is 3.32. The van der Waals surface area contributed by atoms with Crippen molar-refractivity contribution in [1.29, 1.82) is 5.39 Å². The summed E-state index contributed by atoms with van der Waals surface area (Å²) in [7, 11) is 0. The molecular weight excluding hydrogens is 370 g/mol. The number of nitrogens with zero attached hydrogens (tertiary/aromatic N) is 3. The van der Waals surface area contributed by atoms with E-state index in [9.17, 15) is 5.11 Å². The number of aromatic nitrogens is 1. The van der Waals surface area contributed by atoms with Gasteiger partial charge in [0, 0.05) is 27.1 Å². The molecule has 1 heterocycles. The van der Waals surface area contributed by atoms with Gasteiger partial charge in [-0.05, 0) is 23.8 Å². The molecule has 0 bridgehead atoms. The minimum atomic E-state index is -0.143. The Morgan fingerprint density at radius 2 is 1.68 bits per heavy atom. The number of diazo groups is 1. The lowest BCUT2D eigenvalue weighted by Gasteiger charge is -2.12. The SMILES string of the molecule is N#[N+]C=C(O)c1cc(-c2ccc(Cl)cc2)nc2c(-c3ccccc3)cccc12. The van der Waals surface area contributed by atoms with Gasteiger partial charge in [-0.15, -0.1) is 0 Å². The lowest BCUT2D eigenvalue weighted by Crippen LogP contribution is -1.94. The van der Waals surface area contributed by atoms with Crippen LogP contribution in [0, 0.1) is 5.39 Å². The zero-order valence-electron chi connectivity index (χ0n) is 14.7. The summed E-state index contributed by atoms with van der Waals surface area (Å²) in [6, 6.07) is 24.9. The fraction of sp³-hybridized carbons (Fsp3) is 0. The molecule has 1 aromatic heterocycles. The van der Waals surface area contributed by atoms with Gasteiger partial charge in [-0.1, -0.05) is 72.3 Å². The highest BCUT2D eigenvalue weighted by atomic mass is 35.5. The summed E-state index contributed by atoms with van der Waals surface area (Å²) >= 11 is 6.01. The number of pyridine rings is 1. The Bertz CT molecular complexity index is 1230. The molecule has 1 N–H and O–H groups in total. The first-order valence-corrected chi connectivity index (χ1v) is 9.04. The van der Waals surface area contributed by atoms with Crippen molar-refractivity contribution in [2.45, 2.75) is 0 Å². The number of hydrogen-bond acceptors (Lipinski definition) is 3. The fourth-order valence-corrected chi connectivity index (χ4v) is 3.33. The van der Waals surface area contributed by atoms with Gasteiger partial charge in [-0.3, -0.25) is 0 Å². The van der Waals surface area contributed by atoms with Crippen LogP contribution < -0.4 is 0 Å². The first-order chi connectivity index (χ1) is 13.7. The lowest BCUT2D eigenvalue weighted by molar-refractivity contribution is 0.512. The van der Waals surface area contributed by atoms with Crippen molar-refractivity contribution >= 4 is 28.3 Å². The Labute approximate surface area is 167 Å². The Morgan fingerprint density at radius 1 is 0.929 bits per heavy atom. The van der Waals surface area contributed by atoms with Crippen LogP contribution in [-0.4, -0.2) is 10.1 Å². The standard InChI is InChI=1S/C23H14ClN3O/c24-17-11-9-16(10-12-17)21-13-20(22(28)14-26-25)19-8-4-7-18(23(19)27-21)15-5-2-1-3-6-15/h1-14H/p+1. The smallest absolute Gasteiger partial charge is 0.392 e. The lowest BCUT2D eigenvalue weighted by atomic mass is 9.97. The molecule has 0 amide bonds. The maximum Gasteiger partial charge on any atom is 0.392 e. The summed E-state index contributed by atoms with van der Waals surface area (Å²) < 4.78 is 0. The van der Waals surface area contributed by atoms with Gasteiger partial charge in [0.2, 0.25) is 11.2 Å². The highest BCUT2D eigenvalue weighted by Gasteiger charge is 2.16. The van der Waals surface area contributed by atoms with Crippen LogP contribution in [0.4, 0.5) is 0 Å². The van der Waals surface area contributed by atoms with Gasteiger partial charge in [0.15, 0.2) is 4.98 Å². The molecule has 3 aromatic carbocycles. The molecule has 0 aliphatic rings. The van der Waals surface area contributed by atoms with Crippen molar-refractivity contribution < 1.29 is 5.11 Å². The van der Waals surface area contributed by atoms with Crippen LogP contribution >= 0.6 is 11.6 Å². The van der Waals surface area contributed by atoms with Gasteiger partial charge in [-0.2, -0.15) is 0 Å². The summed E-state index contributed by atoms with van der Waals surface area (Å²) in [5, 5.41) is 20.7. The molecule has 4 rings (SSSR count). The van der Waals surface area contributed by atoms with Crippen LogP contribution in [0.25, 0.3) is 44.0 Å². The van der Waals surface area contributed by atoms with E-state index in [4.69, 9.17) is 22.0 Å². The van der Waals surface area contributed by atoms with E-state index in [1.54, 1.807) is 18.2 Å². The van der Waals surface area contributed by atoms with Crippen LogP contribution in [0.5, 0.6) is 0 Å². The number of aliphatic hydroxyl groups excluding tert-OH is 1. The van der Waals surface area contributed by atoms with Gasteiger partial charge in [0.05, 0.1) is 11.2 Å². The maximum atomic E-state index is 10.5. The Morgan fingerprint density at radius 3 is 2.39 bits per heavy atom. The van der Waals surface area contributed by atoms with E-state index < -0.39 is 0 Å². The molecule has 0 spiro atoms. The van der Waals surface area contributed by atoms with Crippen LogP contribution in [0.1, 0.15) is 5.56 Å². The molecule has 0 saturated heterocycles. The minimum absolute atomic E-state index is 0.143. The number of benzene rings is 3. The molecule has 0 radical (unpaired) electrons. The Balaban J connectivity index is 2.06. The third-order valence-electron chi connectivity index (χ3n) is 4.52. The van der Waals surface area contributed by atoms with E-state index in [0.29, 0.717) is 16.3 Å². The number of aliphatic hydroxyl groups is 1. The number of halogens is 1. The highest BCUT2D eigenvalue weighted by Crippen LogP contribution is 2.34. The summed E-state index contributed by atoms with van der Waals surface area (Å²) in [6.07, 6.45) is 1.01. The molecule has 0 unspecified atom stereocenters. The topological polar surface area (TPSA) is 61.3 Å². The zero-order chi connectivity index (χ0) is 19.5. The molecule has 5 heteroatoms. The second-order valence-electron chi connectivity index (χ2n) is 6.26. The van der Waals surface area contributed by atoms with Crippen molar-refractivity contribution in [2.75, 3.05) is 0 Å². The van der Waals surface area contributed by atoms with Gasteiger partial charge >= 0.3 is 6.20 Å². The van der Waals surface area contributed by atoms with Crippen molar-refractivity contribution in [3.8, 4) is 22.4 Å². The predicted octanol–water partition coefficient (Wildman–Crippen LogP) is 6.93. The summed E-state index contributed by atoms with van der Waals surface area (Å²) in [5.74, 6) is -0.143. The molecule has 0 atom stereocenters. The molecule has 28 heavy (non-hydrogen) atoms. The summed E-state index contributed by atoms with van der Waals surface area (Å²) in [4.78, 5) is 7.84. The van der Waals surface area contributed by atoms with Crippen LogP contribution in [0.15, 0.2) is 85.1 Å². The van der Waals surface area contributed by atoms with Crippen LogP contribution in [0.3, 0.4) is 0 Å². The van der Waals surface area contributed by atoms with E-state index in [0.717, 1.165) is 33.8 Å². The molecular formula is C23H15ClN3O+. The molecule has 0 fully saturated rings. The predicted molar refractivity (Wildman–Crippen MR) is 113 cm³/mol. The minimum Gasteiger partial charge on any atom is -0.501 e. The molecule has 134 valence electrons. The van der Waals surface area contributed by atoms with Crippen molar-refractivity contribution in [1.82, 2.24) is 4.98 Å². The fourth-order valence-electron chi connectivity index (χ4n) is 3.20. The molecule has 4 aromatic rings. The average molecular weight is 385 g/mol. The van der Waals surface area contributed by atoms with Gasteiger partial charge in [0.25, 0.3) is 0 Å². The first-order valence-electron chi connectivity index (χ1n) is 8.66. The normalized spacial score (nSPS) is 11.4. The van der Waals surface area contributed by atoms with E-state index in [1.165, 1.54) is 0 Å². The Hall–Kier alpha value is -3.68. The van der Waals surface area contributed by atoms with Crippen molar-refractivity contribution in [3.63, 3.8) is 0 Å². The summed E-state index contributed by atoms with van der Waals surface area (Å²) in [5.41, 5.74) is 4.79. The molecule has 4 nitrogen and oxygen atoms in total. The number of para-hydroxylation sites is 1. The van der Waals surface area contributed by atoms with E-state index in [2.05, 4.69) is 4.98 Å². The number of fused-ring (bicyclic) bond motifs is 1. The van der Waals surface area contributed by atoms with E-state index >= 15 is 0 Å². The molecule has 0 saturated carbocycles. The highest BCUT2D eigenvalue weighted by molar-refractivity contribution is 6.30. The quantitative estimate of drug-likeness (QED) is 0.307. The van der Waals surface area contributed by atoms with E-state index in [1.807, 2.05) is 60.7 Å². The largest absolute Gasteiger partial charge is 0.501 e. The molecule has 0 aliphatic carbocycles. The first kappa shape index (κ1) is 17.7. The van der Waals surface area contributed by atoms with Crippen molar-refractivity contribution in [2.24, 2.45) is 0 Å². The van der Waals surface area contributed by atoms with Gasteiger partial charge in [-0.25, -0.2) is 4.98 Å². The van der Waals surface area contributed by atoms with Crippen LogP contribution in [-0.2, 0) is 0 Å². The van der Waals surface area contributed by atoms with Gasteiger partial charge < -0.3 is 5.11 Å². The van der Waals surface area contributed by atoms with E-state index in [-0.39, 0.29) is 5.76 Å². The van der Waals surface area contributed by atoms with Crippen molar-refractivity contribution in [3.05, 3.63) is 101 Å². The van der Waals surface area contributed by atoms with Gasteiger partial charge in [0.1, 0.15) is 0 Å². The average Bonchev–Trinajstić information content (AvgIpc) is 2.74. The zero-order valence-corrected chi connectivity index (χ0v) is 15.5. The van der Waals surface area contributed by atoms with Crippen LogP contribution in [0.2, 0.25) is 5.02 Å². The second kappa shape index (κ2) is 7.51. The molecule has 0 aliphatic heterocycles. The monoisotopic (exact) mass is 384 g/mol. The Kier molecular flexibility index (Phi) is 4.76. The summed E-state index contributed by atoms with van der Waals surface area (Å²) in [6.45, 7) is 0.